The van der Waals surface area contributed by atoms with Crippen LogP contribution in [0.2, 0.25) is 0 Å². The van der Waals surface area contributed by atoms with Gasteiger partial charge in [-0.05, 0) is 56.9 Å². The monoisotopic (exact) mass is 284 g/mol. The van der Waals surface area contributed by atoms with E-state index in [0.29, 0.717) is 5.54 Å². The van der Waals surface area contributed by atoms with Crippen molar-refractivity contribution >= 4 is 0 Å². The van der Waals surface area contributed by atoms with Gasteiger partial charge in [-0.15, -0.1) is 0 Å². The van der Waals surface area contributed by atoms with Crippen LogP contribution in [-0.2, 0) is 6.54 Å². The van der Waals surface area contributed by atoms with E-state index in [9.17, 15) is 0 Å². The fraction of sp³-hybridized carbons (Fsp3) is 0.684. The molecule has 3 aliphatic rings. The Hall–Kier alpha value is -0.860. The van der Waals surface area contributed by atoms with Crippen molar-refractivity contribution in [1.29, 1.82) is 0 Å². The standard InChI is InChI=1S/C19H28N2/c1-14-4-3-5-15(10-14)12-21-13-19(2,17-8-9-17)20-11-18(21)16-6-7-16/h3-5,10,16-18,20H,6-9,11-13H2,1-2H3. The second-order valence-corrected chi connectivity index (χ2v) is 7.87. The molecule has 2 saturated carbocycles. The molecule has 2 nitrogen and oxygen atoms in total. The molecule has 2 heteroatoms. The molecule has 0 aromatic heterocycles. The van der Waals surface area contributed by atoms with Gasteiger partial charge in [0.1, 0.15) is 0 Å². The second-order valence-electron chi connectivity index (χ2n) is 7.87. The minimum absolute atomic E-state index is 0.356. The molecule has 1 heterocycles. The van der Waals surface area contributed by atoms with Gasteiger partial charge in [-0.3, -0.25) is 4.90 Å². The number of hydrogen-bond donors (Lipinski definition) is 1. The Morgan fingerprint density at radius 2 is 2.05 bits per heavy atom. The highest BCUT2D eigenvalue weighted by molar-refractivity contribution is 5.22. The van der Waals surface area contributed by atoms with E-state index in [2.05, 4.69) is 48.3 Å². The van der Waals surface area contributed by atoms with Crippen LogP contribution < -0.4 is 5.32 Å². The Kier molecular flexibility index (Phi) is 3.35. The van der Waals surface area contributed by atoms with Crippen molar-refractivity contribution in [3.63, 3.8) is 0 Å². The van der Waals surface area contributed by atoms with Crippen molar-refractivity contribution in [2.24, 2.45) is 11.8 Å². The summed E-state index contributed by atoms with van der Waals surface area (Å²) in [5.74, 6) is 1.86. The first-order valence-corrected chi connectivity index (χ1v) is 8.69. The fourth-order valence-electron chi connectivity index (χ4n) is 4.22. The van der Waals surface area contributed by atoms with Gasteiger partial charge in [-0.2, -0.15) is 0 Å². The first-order chi connectivity index (χ1) is 10.1. The van der Waals surface area contributed by atoms with Gasteiger partial charge in [0, 0.05) is 31.2 Å². The van der Waals surface area contributed by atoms with Gasteiger partial charge in [0.15, 0.2) is 0 Å². The molecule has 3 fully saturated rings. The molecule has 2 atom stereocenters. The topological polar surface area (TPSA) is 15.3 Å². The van der Waals surface area contributed by atoms with Gasteiger partial charge in [0.25, 0.3) is 0 Å². The molecule has 1 aromatic rings. The summed E-state index contributed by atoms with van der Waals surface area (Å²) in [5, 5.41) is 3.91. The Balaban J connectivity index is 1.52. The Morgan fingerprint density at radius 3 is 2.71 bits per heavy atom. The van der Waals surface area contributed by atoms with E-state index in [1.165, 1.54) is 49.9 Å². The van der Waals surface area contributed by atoms with E-state index in [-0.39, 0.29) is 0 Å². The van der Waals surface area contributed by atoms with Gasteiger partial charge in [0.2, 0.25) is 0 Å². The molecule has 1 saturated heterocycles. The number of piperazine rings is 1. The number of rotatable bonds is 4. The normalized spacial score (nSPS) is 34.1. The molecule has 2 aliphatic carbocycles. The number of hydrogen-bond acceptors (Lipinski definition) is 2. The molecule has 0 bridgehead atoms. The average Bonchev–Trinajstić information content (AvgIpc) is 3.30. The number of aryl methyl sites for hydroxylation is 1. The van der Waals surface area contributed by atoms with Crippen molar-refractivity contribution in [3.8, 4) is 0 Å². The van der Waals surface area contributed by atoms with Crippen LogP contribution in [0, 0.1) is 18.8 Å². The van der Waals surface area contributed by atoms with Crippen molar-refractivity contribution in [2.45, 2.75) is 57.7 Å². The molecule has 1 N–H and O–H groups in total. The van der Waals surface area contributed by atoms with Gasteiger partial charge < -0.3 is 5.32 Å². The minimum atomic E-state index is 0.356. The summed E-state index contributed by atoms with van der Waals surface area (Å²) in [6, 6.07) is 9.83. The zero-order valence-corrected chi connectivity index (χ0v) is 13.4. The van der Waals surface area contributed by atoms with Crippen molar-refractivity contribution in [2.75, 3.05) is 13.1 Å². The molecule has 114 valence electrons. The molecule has 21 heavy (non-hydrogen) atoms. The average molecular weight is 284 g/mol. The van der Waals surface area contributed by atoms with E-state index in [0.717, 1.165) is 24.4 Å². The molecule has 2 unspecified atom stereocenters. The smallest absolute Gasteiger partial charge is 0.0309 e. The zero-order chi connectivity index (χ0) is 14.4. The second kappa shape index (κ2) is 5.10. The molecule has 0 spiro atoms. The maximum Gasteiger partial charge on any atom is 0.0309 e. The number of benzene rings is 1. The molecule has 1 aromatic carbocycles. The van der Waals surface area contributed by atoms with Crippen LogP contribution in [0.4, 0.5) is 0 Å². The lowest BCUT2D eigenvalue weighted by Crippen LogP contribution is -2.64. The Morgan fingerprint density at radius 1 is 1.24 bits per heavy atom. The first kappa shape index (κ1) is 13.8. The number of nitrogens with zero attached hydrogens (tertiary/aromatic N) is 1. The van der Waals surface area contributed by atoms with Crippen LogP contribution in [0.1, 0.15) is 43.7 Å². The highest BCUT2D eigenvalue weighted by Crippen LogP contribution is 2.44. The highest BCUT2D eigenvalue weighted by Gasteiger charge is 2.48. The number of nitrogens with one attached hydrogen (secondary N) is 1. The van der Waals surface area contributed by atoms with Crippen LogP contribution in [-0.4, -0.2) is 29.6 Å². The Labute approximate surface area is 128 Å². The lowest BCUT2D eigenvalue weighted by atomic mass is 9.89. The maximum atomic E-state index is 3.91. The van der Waals surface area contributed by atoms with Gasteiger partial charge >= 0.3 is 0 Å². The summed E-state index contributed by atoms with van der Waals surface area (Å²) in [7, 11) is 0. The van der Waals surface area contributed by atoms with Crippen LogP contribution in [0.3, 0.4) is 0 Å². The largest absolute Gasteiger partial charge is 0.308 e. The molecule has 0 radical (unpaired) electrons. The van der Waals surface area contributed by atoms with E-state index in [1.54, 1.807) is 0 Å². The summed E-state index contributed by atoms with van der Waals surface area (Å²) in [6.07, 6.45) is 5.74. The van der Waals surface area contributed by atoms with E-state index >= 15 is 0 Å². The summed E-state index contributed by atoms with van der Waals surface area (Å²) in [6.45, 7) is 8.22. The quantitative estimate of drug-likeness (QED) is 0.912. The van der Waals surface area contributed by atoms with Crippen molar-refractivity contribution < 1.29 is 0 Å². The summed E-state index contributed by atoms with van der Waals surface area (Å²) < 4.78 is 0. The Bertz CT molecular complexity index is 518. The maximum absolute atomic E-state index is 3.91. The SMILES string of the molecule is Cc1cccc(CN2CC(C)(C3CC3)NCC2C2CC2)c1. The highest BCUT2D eigenvalue weighted by atomic mass is 15.3. The predicted octanol–water partition coefficient (Wildman–Crippen LogP) is 3.35. The van der Waals surface area contributed by atoms with Crippen molar-refractivity contribution in [1.82, 2.24) is 10.2 Å². The third-order valence-electron chi connectivity index (χ3n) is 5.83. The van der Waals surface area contributed by atoms with E-state index in [1.807, 2.05) is 0 Å². The summed E-state index contributed by atoms with van der Waals surface area (Å²) in [4.78, 5) is 2.79. The van der Waals surface area contributed by atoms with Gasteiger partial charge in [-0.1, -0.05) is 29.8 Å². The van der Waals surface area contributed by atoms with Crippen LogP contribution >= 0.6 is 0 Å². The van der Waals surface area contributed by atoms with Crippen LogP contribution in [0.15, 0.2) is 24.3 Å². The lowest BCUT2D eigenvalue weighted by Gasteiger charge is -2.47. The van der Waals surface area contributed by atoms with Crippen LogP contribution in [0.5, 0.6) is 0 Å². The van der Waals surface area contributed by atoms with Gasteiger partial charge in [-0.25, -0.2) is 0 Å². The molecular weight excluding hydrogens is 256 g/mol. The molecule has 4 rings (SSSR count). The first-order valence-electron chi connectivity index (χ1n) is 8.69. The van der Waals surface area contributed by atoms with Crippen LogP contribution in [0.25, 0.3) is 0 Å². The third kappa shape index (κ3) is 2.89. The van der Waals surface area contributed by atoms with E-state index < -0.39 is 0 Å². The summed E-state index contributed by atoms with van der Waals surface area (Å²) in [5.41, 5.74) is 3.23. The predicted molar refractivity (Wildman–Crippen MR) is 87.2 cm³/mol. The minimum Gasteiger partial charge on any atom is -0.308 e. The molecular formula is C19H28N2. The zero-order valence-electron chi connectivity index (χ0n) is 13.4. The van der Waals surface area contributed by atoms with Crippen molar-refractivity contribution in [3.05, 3.63) is 35.4 Å². The fourth-order valence-corrected chi connectivity index (χ4v) is 4.22. The lowest BCUT2D eigenvalue weighted by molar-refractivity contribution is 0.0578. The third-order valence-corrected chi connectivity index (χ3v) is 5.83. The van der Waals surface area contributed by atoms with E-state index in [4.69, 9.17) is 0 Å². The molecule has 1 aliphatic heterocycles. The van der Waals surface area contributed by atoms with Gasteiger partial charge in [0.05, 0.1) is 0 Å². The molecule has 0 amide bonds. The summed E-state index contributed by atoms with van der Waals surface area (Å²) >= 11 is 0.